The summed E-state index contributed by atoms with van der Waals surface area (Å²) in [6.07, 6.45) is 0.567. The van der Waals surface area contributed by atoms with Crippen molar-refractivity contribution in [3.8, 4) is 23.0 Å². The van der Waals surface area contributed by atoms with Gasteiger partial charge in [-0.1, -0.05) is 59.7 Å². The first-order chi connectivity index (χ1) is 35.6. The molecule has 0 bridgehead atoms. The summed E-state index contributed by atoms with van der Waals surface area (Å²) in [5, 5.41) is 62.3. The third-order valence-electron chi connectivity index (χ3n) is 13.8. The molecule has 12 N–H and O–H groups in total. The molecule has 76 heavy (non-hydrogen) atoms. The maximum atomic E-state index is 14.5. The molecule has 0 unspecified atom stereocenters. The molecule has 2 saturated heterocycles. The van der Waals surface area contributed by atoms with Gasteiger partial charge in [-0.15, -0.1) is 0 Å². The van der Waals surface area contributed by atoms with Crippen LogP contribution in [0.2, 0.25) is 0 Å². The molecule has 22 nitrogen and oxygen atoms in total. The molecule has 22 heteroatoms. The van der Waals surface area contributed by atoms with Crippen molar-refractivity contribution in [1.82, 2.24) is 52.3 Å². The number of likely N-dealkylation sites (N-methyl/N-ethyl adjacent to an activating group) is 2. The van der Waals surface area contributed by atoms with Crippen molar-refractivity contribution in [3.05, 3.63) is 82.9 Å². The molecule has 0 aliphatic carbocycles. The number of phenols is 4. The number of nitrogens with zero attached hydrogens (tertiary/aromatic N) is 2. The number of aromatic hydroxyl groups is 4. The fourth-order valence-corrected chi connectivity index (χ4v) is 8.97. The largest absolute Gasteiger partial charge is 0.504 e. The van der Waals surface area contributed by atoms with E-state index >= 15 is 0 Å². The van der Waals surface area contributed by atoms with Crippen LogP contribution in [0.4, 0.5) is 0 Å². The maximum Gasteiger partial charge on any atom is 0.251 e. The average Bonchev–Trinajstić information content (AvgIpc) is 4.00. The fraction of sp³-hybridized carbons (Fsp3) is 0.519. The quantitative estimate of drug-likeness (QED) is 0.0701. The molecule has 414 valence electrons. The van der Waals surface area contributed by atoms with Gasteiger partial charge in [0.2, 0.25) is 35.4 Å². The predicted molar refractivity (Wildman–Crippen MR) is 282 cm³/mol. The molecule has 5 rings (SSSR count). The van der Waals surface area contributed by atoms with Crippen LogP contribution in [-0.4, -0.2) is 166 Å². The van der Waals surface area contributed by atoms with E-state index in [4.69, 9.17) is 0 Å². The van der Waals surface area contributed by atoms with Crippen LogP contribution in [0.3, 0.4) is 0 Å². The first-order valence-electron chi connectivity index (χ1n) is 25.5. The normalized spacial score (nSPS) is 19.1. The zero-order valence-electron chi connectivity index (χ0n) is 45.0. The fourth-order valence-electron chi connectivity index (χ4n) is 8.97. The second-order valence-electron chi connectivity index (χ2n) is 21.8. The summed E-state index contributed by atoms with van der Waals surface area (Å²) in [7, 11) is 3.22. The van der Waals surface area contributed by atoms with Gasteiger partial charge in [0, 0.05) is 49.4 Å². The van der Waals surface area contributed by atoms with Gasteiger partial charge in [-0.3, -0.25) is 38.4 Å². The molecule has 3 aromatic carbocycles. The van der Waals surface area contributed by atoms with Gasteiger partial charge in [-0.25, -0.2) is 0 Å². The number of phenolic OH excluding ortho intramolecular Hbond substituents is 4. The van der Waals surface area contributed by atoms with E-state index in [0.717, 1.165) is 0 Å². The lowest BCUT2D eigenvalue weighted by atomic mass is 9.85. The second-order valence-corrected chi connectivity index (χ2v) is 21.8. The van der Waals surface area contributed by atoms with E-state index in [0.29, 0.717) is 11.1 Å². The maximum absolute atomic E-state index is 14.5. The minimum atomic E-state index is -1.07. The SMILES string of the molecule is CN[C@@H](C)C(=O)N[C@H](C(=O)N1C[C@@H](NC(=O)c2cccc(C(=O)N[C@H]3C[C@@H](C(=O)NCCc4ccc(O)c(O)c4)N(C(=O)[C@@H](NC(=O)[C@H](C)NC)C(C)(C)C)C3)c2)C[C@H]1C(=O)NCCc1ccc(O)c(O)c1)C(C)(C)C. The van der Waals surface area contributed by atoms with Gasteiger partial charge in [0.1, 0.15) is 24.2 Å². The molecule has 2 aliphatic heterocycles. The Labute approximate surface area is 443 Å². The number of likely N-dealkylation sites (tertiary alicyclic amines) is 2. The lowest BCUT2D eigenvalue weighted by molar-refractivity contribution is -0.144. The number of amides is 8. The molecule has 0 aromatic heterocycles. The second kappa shape index (κ2) is 25.4. The summed E-state index contributed by atoms with van der Waals surface area (Å²) >= 11 is 0. The third-order valence-corrected chi connectivity index (χ3v) is 13.8. The number of hydrogen-bond acceptors (Lipinski definition) is 14. The molecular weight excluding hydrogens is 981 g/mol. The highest BCUT2D eigenvalue weighted by atomic mass is 16.3. The number of hydrogen-bond donors (Lipinski definition) is 12. The van der Waals surface area contributed by atoms with Crippen LogP contribution in [0.5, 0.6) is 23.0 Å². The summed E-state index contributed by atoms with van der Waals surface area (Å²) in [4.78, 5) is 114. The van der Waals surface area contributed by atoms with Crippen molar-refractivity contribution in [1.29, 1.82) is 0 Å². The van der Waals surface area contributed by atoms with Crippen LogP contribution in [0.25, 0.3) is 0 Å². The van der Waals surface area contributed by atoms with Gasteiger partial charge in [-0.05, 0) is 118 Å². The Kier molecular flexibility index (Phi) is 19.8. The highest BCUT2D eigenvalue weighted by Gasteiger charge is 2.47. The minimum Gasteiger partial charge on any atom is -0.504 e. The molecule has 2 fully saturated rings. The van der Waals surface area contributed by atoms with Crippen molar-refractivity contribution < 1.29 is 58.8 Å². The van der Waals surface area contributed by atoms with E-state index in [2.05, 4.69) is 42.5 Å². The van der Waals surface area contributed by atoms with E-state index < -0.39 is 106 Å². The highest BCUT2D eigenvalue weighted by molar-refractivity contribution is 6.01. The molecule has 2 aliphatic rings. The third kappa shape index (κ3) is 15.3. The summed E-state index contributed by atoms with van der Waals surface area (Å²) in [6.45, 7) is 14.0. The molecule has 8 amide bonds. The Hall–Kier alpha value is -7.46. The molecule has 0 saturated carbocycles. The topological polar surface area (TPSA) is 320 Å². The van der Waals surface area contributed by atoms with Gasteiger partial charge >= 0.3 is 0 Å². The van der Waals surface area contributed by atoms with Crippen molar-refractivity contribution in [2.75, 3.05) is 40.3 Å². The van der Waals surface area contributed by atoms with Crippen LogP contribution in [0.1, 0.15) is 100 Å². The number of carbonyl (C=O) groups excluding carboxylic acids is 8. The smallest absolute Gasteiger partial charge is 0.251 e. The minimum absolute atomic E-state index is 0.00152. The van der Waals surface area contributed by atoms with Crippen LogP contribution < -0.4 is 42.5 Å². The Balaban J connectivity index is 1.33. The van der Waals surface area contributed by atoms with Crippen molar-refractivity contribution in [2.45, 2.75) is 129 Å². The van der Waals surface area contributed by atoms with Crippen molar-refractivity contribution in [2.24, 2.45) is 10.8 Å². The van der Waals surface area contributed by atoms with E-state index in [1.807, 2.05) is 0 Å². The first kappa shape index (κ1) is 59.4. The van der Waals surface area contributed by atoms with Gasteiger partial charge < -0.3 is 72.8 Å². The Bertz CT molecular complexity index is 2460. The molecule has 0 spiro atoms. The molecule has 2 heterocycles. The molecular formula is C54H76N10O12. The van der Waals surface area contributed by atoms with Crippen molar-refractivity contribution in [3.63, 3.8) is 0 Å². The number of rotatable bonds is 20. The highest BCUT2D eigenvalue weighted by Crippen LogP contribution is 2.30. The summed E-state index contributed by atoms with van der Waals surface area (Å²) in [5.74, 6) is -5.38. The standard InChI is InChI=1S/C54H76N10O12/c1-29(55-9)45(69)61-43(53(3,4)5)51(75)63-27-35(25-37(63)49(73)57-20-18-31-14-16-39(65)41(67)22-31)59-47(71)33-12-11-13-34(24-33)48(72)60-36-26-38(50(74)58-21-19-32-15-17-40(66)42(68)23-32)64(28-36)52(76)44(54(6,7)8)62-46(70)30(2)56-10/h11-17,22-24,29-30,35-38,43-44,55-56,65-68H,18-21,25-28H2,1-10H3,(H,57,73)(H,58,74)(H,59,71)(H,60,72)(H,61,69)(H,62,70)/t29-,30-,35-,36-,37-,38-,43+,44+/m0/s1. The molecule has 3 aromatic rings. The Morgan fingerprint density at radius 3 is 1.25 bits per heavy atom. The van der Waals surface area contributed by atoms with Gasteiger partial charge in [-0.2, -0.15) is 0 Å². The van der Waals surface area contributed by atoms with Crippen LogP contribution in [0, 0.1) is 10.8 Å². The average molecular weight is 1060 g/mol. The van der Waals surface area contributed by atoms with Crippen LogP contribution in [-0.2, 0) is 41.6 Å². The number of carbonyl (C=O) groups is 8. The van der Waals surface area contributed by atoms with Gasteiger partial charge in [0.15, 0.2) is 23.0 Å². The number of benzene rings is 3. The van der Waals surface area contributed by atoms with Gasteiger partial charge in [0.05, 0.1) is 12.1 Å². The number of nitrogens with one attached hydrogen (secondary N) is 8. The van der Waals surface area contributed by atoms with E-state index in [1.54, 1.807) is 81.6 Å². The lowest BCUT2D eigenvalue weighted by Crippen LogP contribution is -2.59. The summed E-state index contributed by atoms with van der Waals surface area (Å²) in [5.41, 5.74) is -0.179. The summed E-state index contributed by atoms with van der Waals surface area (Å²) in [6, 6.07) is 7.44. The molecule has 0 radical (unpaired) electrons. The van der Waals surface area contributed by atoms with Crippen LogP contribution >= 0.6 is 0 Å². The monoisotopic (exact) mass is 1060 g/mol. The van der Waals surface area contributed by atoms with E-state index in [1.165, 1.54) is 58.3 Å². The zero-order valence-corrected chi connectivity index (χ0v) is 45.0. The summed E-state index contributed by atoms with van der Waals surface area (Å²) < 4.78 is 0. The van der Waals surface area contributed by atoms with E-state index in [9.17, 15) is 58.8 Å². The van der Waals surface area contributed by atoms with E-state index in [-0.39, 0.29) is 86.0 Å². The zero-order chi connectivity index (χ0) is 56.4. The predicted octanol–water partition coefficient (Wildman–Crippen LogP) is 0.903. The van der Waals surface area contributed by atoms with Gasteiger partial charge in [0.25, 0.3) is 11.8 Å². The molecule has 8 atom stereocenters. The van der Waals surface area contributed by atoms with Crippen molar-refractivity contribution >= 4 is 47.3 Å². The Morgan fingerprint density at radius 2 is 0.921 bits per heavy atom. The van der Waals surface area contributed by atoms with Crippen LogP contribution in [0.15, 0.2) is 60.7 Å². The first-order valence-corrected chi connectivity index (χ1v) is 25.5. The Morgan fingerprint density at radius 1 is 0.553 bits per heavy atom. The lowest BCUT2D eigenvalue weighted by Gasteiger charge is -2.36.